The minimum atomic E-state index is 0.161. The molecule has 1 aromatic heterocycles. The van der Waals surface area contributed by atoms with Crippen LogP contribution in [0.5, 0.6) is 11.5 Å². The van der Waals surface area contributed by atoms with Crippen molar-refractivity contribution in [1.82, 2.24) is 4.98 Å². The molecule has 0 saturated carbocycles. The summed E-state index contributed by atoms with van der Waals surface area (Å²) >= 11 is 1.72. The Labute approximate surface area is 146 Å². The summed E-state index contributed by atoms with van der Waals surface area (Å²) in [4.78, 5) is 4.76. The summed E-state index contributed by atoms with van der Waals surface area (Å²) in [6.07, 6.45) is 0.781. The number of nitrogens with zero attached hydrogens (tertiary/aromatic N) is 1. The van der Waals surface area contributed by atoms with Crippen LogP contribution in [0.1, 0.15) is 23.4 Å². The highest BCUT2D eigenvalue weighted by molar-refractivity contribution is 7.18. The van der Waals surface area contributed by atoms with Crippen molar-refractivity contribution in [2.45, 2.75) is 19.3 Å². The van der Waals surface area contributed by atoms with Gasteiger partial charge in [-0.1, -0.05) is 24.3 Å². The van der Waals surface area contributed by atoms with Crippen molar-refractivity contribution >= 4 is 21.6 Å². The van der Waals surface area contributed by atoms with Gasteiger partial charge in [-0.15, -0.1) is 11.3 Å². The third-order valence-corrected chi connectivity index (χ3v) is 5.18. The van der Waals surface area contributed by atoms with E-state index in [1.807, 2.05) is 37.3 Å². The van der Waals surface area contributed by atoms with Crippen LogP contribution in [0.3, 0.4) is 0 Å². The molecule has 0 amide bonds. The summed E-state index contributed by atoms with van der Waals surface area (Å²) in [5.41, 5.74) is 8.20. The van der Waals surface area contributed by atoms with E-state index in [1.165, 1.54) is 4.70 Å². The van der Waals surface area contributed by atoms with Gasteiger partial charge in [-0.25, -0.2) is 4.98 Å². The molecule has 0 bridgehead atoms. The Kier molecular flexibility index (Phi) is 5.33. The number of rotatable bonds is 7. The van der Waals surface area contributed by atoms with Gasteiger partial charge in [0.15, 0.2) is 11.5 Å². The van der Waals surface area contributed by atoms with Crippen molar-refractivity contribution < 1.29 is 9.47 Å². The minimum Gasteiger partial charge on any atom is -0.493 e. The molecular weight excluding hydrogens is 320 g/mol. The molecule has 3 rings (SSSR count). The molecule has 1 atom stereocenters. The smallest absolute Gasteiger partial charge is 0.164 e. The molecule has 24 heavy (non-hydrogen) atoms. The SMILES string of the molecule is CCOc1c(CC(CN)c2nc3ccccc3s2)cccc1OC. The summed E-state index contributed by atoms with van der Waals surface area (Å²) in [5, 5.41) is 1.07. The average molecular weight is 342 g/mol. The van der Waals surface area contributed by atoms with Crippen LogP contribution >= 0.6 is 11.3 Å². The normalized spacial score (nSPS) is 12.3. The highest BCUT2D eigenvalue weighted by Gasteiger charge is 2.19. The van der Waals surface area contributed by atoms with E-state index >= 15 is 0 Å². The van der Waals surface area contributed by atoms with Crippen molar-refractivity contribution in [1.29, 1.82) is 0 Å². The summed E-state index contributed by atoms with van der Waals surface area (Å²) < 4.78 is 12.5. The van der Waals surface area contributed by atoms with Crippen molar-refractivity contribution in [3.8, 4) is 11.5 Å². The van der Waals surface area contributed by atoms with Gasteiger partial charge >= 0.3 is 0 Å². The van der Waals surface area contributed by atoms with E-state index in [2.05, 4.69) is 12.1 Å². The maximum Gasteiger partial charge on any atom is 0.164 e. The number of aromatic nitrogens is 1. The molecule has 0 aliphatic heterocycles. The van der Waals surface area contributed by atoms with Crippen LogP contribution in [0.15, 0.2) is 42.5 Å². The maximum absolute atomic E-state index is 6.06. The average Bonchev–Trinajstić information content (AvgIpc) is 3.04. The van der Waals surface area contributed by atoms with E-state index in [9.17, 15) is 0 Å². The van der Waals surface area contributed by atoms with Gasteiger partial charge in [0.1, 0.15) is 0 Å². The van der Waals surface area contributed by atoms with E-state index in [0.29, 0.717) is 13.2 Å². The molecule has 0 aliphatic rings. The Morgan fingerprint density at radius 2 is 2.00 bits per heavy atom. The van der Waals surface area contributed by atoms with Crippen LogP contribution in [-0.2, 0) is 6.42 Å². The van der Waals surface area contributed by atoms with E-state index in [4.69, 9.17) is 20.2 Å². The Morgan fingerprint density at radius 3 is 2.71 bits per heavy atom. The molecule has 4 nitrogen and oxygen atoms in total. The molecule has 2 aromatic carbocycles. The maximum atomic E-state index is 6.06. The fourth-order valence-electron chi connectivity index (χ4n) is 2.79. The number of methoxy groups -OCH3 is 1. The van der Waals surface area contributed by atoms with Gasteiger partial charge in [-0.05, 0) is 37.1 Å². The van der Waals surface area contributed by atoms with E-state index in [-0.39, 0.29) is 5.92 Å². The fourth-order valence-corrected chi connectivity index (χ4v) is 3.87. The number of hydrogen-bond donors (Lipinski definition) is 1. The second kappa shape index (κ2) is 7.64. The van der Waals surface area contributed by atoms with E-state index < -0.39 is 0 Å². The first-order chi connectivity index (χ1) is 11.8. The molecular formula is C19H22N2O2S. The Bertz CT molecular complexity index is 783. The lowest BCUT2D eigenvalue weighted by Crippen LogP contribution is -2.15. The predicted octanol–water partition coefficient (Wildman–Crippen LogP) is 3.99. The first-order valence-electron chi connectivity index (χ1n) is 8.11. The molecule has 2 N–H and O–H groups in total. The second-order valence-corrected chi connectivity index (χ2v) is 6.60. The number of benzene rings is 2. The molecule has 0 saturated heterocycles. The third-order valence-electron chi connectivity index (χ3n) is 3.98. The first kappa shape index (κ1) is 16.7. The topological polar surface area (TPSA) is 57.4 Å². The fraction of sp³-hybridized carbons (Fsp3) is 0.316. The zero-order valence-electron chi connectivity index (χ0n) is 14.0. The summed E-state index contributed by atoms with van der Waals surface area (Å²) in [6, 6.07) is 14.2. The lowest BCUT2D eigenvalue weighted by Gasteiger charge is -2.17. The zero-order valence-corrected chi connectivity index (χ0v) is 14.8. The van der Waals surface area contributed by atoms with Gasteiger partial charge in [0.2, 0.25) is 0 Å². The molecule has 0 fully saturated rings. The number of ether oxygens (including phenoxy) is 2. The molecule has 1 heterocycles. The second-order valence-electron chi connectivity index (χ2n) is 5.54. The molecule has 5 heteroatoms. The monoisotopic (exact) mass is 342 g/mol. The molecule has 3 aromatic rings. The van der Waals surface area contributed by atoms with Gasteiger partial charge in [0.05, 0.1) is 28.9 Å². The third kappa shape index (κ3) is 3.37. The number of fused-ring (bicyclic) bond motifs is 1. The molecule has 1 unspecified atom stereocenters. The van der Waals surface area contributed by atoms with Crippen LogP contribution in [0.2, 0.25) is 0 Å². The van der Waals surface area contributed by atoms with Crippen molar-refractivity contribution in [3.63, 3.8) is 0 Å². The lowest BCUT2D eigenvalue weighted by molar-refractivity contribution is 0.307. The van der Waals surface area contributed by atoms with Crippen molar-refractivity contribution in [3.05, 3.63) is 53.0 Å². The predicted molar refractivity (Wildman–Crippen MR) is 99.3 cm³/mol. The zero-order chi connectivity index (χ0) is 16.9. The number of para-hydroxylation sites is 2. The van der Waals surface area contributed by atoms with Gasteiger partial charge in [0.25, 0.3) is 0 Å². The van der Waals surface area contributed by atoms with Crippen LogP contribution in [0.25, 0.3) is 10.2 Å². The first-order valence-corrected chi connectivity index (χ1v) is 8.92. The lowest BCUT2D eigenvalue weighted by atomic mass is 9.99. The quantitative estimate of drug-likeness (QED) is 0.705. The molecule has 126 valence electrons. The molecule has 0 spiro atoms. The molecule has 0 radical (unpaired) electrons. The summed E-state index contributed by atoms with van der Waals surface area (Å²) in [7, 11) is 1.66. The highest BCUT2D eigenvalue weighted by atomic mass is 32.1. The number of hydrogen-bond acceptors (Lipinski definition) is 5. The van der Waals surface area contributed by atoms with Gasteiger partial charge in [-0.3, -0.25) is 0 Å². The van der Waals surface area contributed by atoms with E-state index in [1.54, 1.807) is 18.4 Å². The minimum absolute atomic E-state index is 0.161. The molecule has 0 aliphatic carbocycles. The van der Waals surface area contributed by atoms with Crippen molar-refractivity contribution in [2.75, 3.05) is 20.3 Å². The summed E-state index contributed by atoms with van der Waals surface area (Å²) in [6.45, 7) is 3.12. The summed E-state index contributed by atoms with van der Waals surface area (Å²) in [5.74, 6) is 1.73. The Hall–Kier alpha value is -2.11. The van der Waals surface area contributed by atoms with Crippen LogP contribution < -0.4 is 15.2 Å². The van der Waals surface area contributed by atoms with Gasteiger partial charge in [-0.2, -0.15) is 0 Å². The van der Waals surface area contributed by atoms with Gasteiger partial charge in [0, 0.05) is 12.5 Å². The van der Waals surface area contributed by atoms with Crippen LogP contribution in [0, 0.1) is 0 Å². The Morgan fingerprint density at radius 1 is 1.17 bits per heavy atom. The highest BCUT2D eigenvalue weighted by Crippen LogP contribution is 2.36. The Balaban J connectivity index is 1.93. The van der Waals surface area contributed by atoms with Crippen LogP contribution in [-0.4, -0.2) is 25.2 Å². The van der Waals surface area contributed by atoms with Gasteiger partial charge < -0.3 is 15.2 Å². The standard InChI is InChI=1S/C19H22N2O2S/c1-3-23-18-13(7-6-9-16(18)22-2)11-14(12-20)19-21-15-8-4-5-10-17(15)24-19/h4-10,14H,3,11-12,20H2,1-2H3. The van der Waals surface area contributed by atoms with Crippen LogP contribution in [0.4, 0.5) is 0 Å². The largest absolute Gasteiger partial charge is 0.493 e. The van der Waals surface area contributed by atoms with E-state index in [0.717, 1.165) is 34.0 Å². The number of nitrogens with two attached hydrogens (primary N) is 1. The van der Waals surface area contributed by atoms with Crippen molar-refractivity contribution in [2.24, 2.45) is 5.73 Å². The number of thiazole rings is 1.